The molecule has 2 nitrogen and oxygen atoms in total. The van der Waals surface area contributed by atoms with Crippen molar-refractivity contribution >= 4 is 17.5 Å². The Morgan fingerprint density at radius 1 is 1.64 bits per heavy atom. The molecule has 2 heterocycles. The van der Waals surface area contributed by atoms with Gasteiger partial charge in [-0.3, -0.25) is 4.79 Å². The van der Waals surface area contributed by atoms with E-state index in [9.17, 15) is 4.79 Å². The molecule has 0 aromatic carbocycles. The molecule has 1 saturated heterocycles. The van der Waals surface area contributed by atoms with Crippen molar-refractivity contribution in [1.82, 2.24) is 0 Å². The third kappa shape index (κ3) is 1.87. The van der Waals surface area contributed by atoms with Gasteiger partial charge in [0.25, 0.3) is 0 Å². The minimum Gasteiger partial charge on any atom is -0.458 e. The predicted octanol–water partition coefficient (Wildman–Crippen LogP) is 2.78. The Hall–Kier alpha value is -0.700. The van der Waals surface area contributed by atoms with Crippen LogP contribution in [0, 0.1) is 5.92 Å². The van der Waals surface area contributed by atoms with Crippen LogP contribution in [0.2, 0.25) is 0 Å². The molecule has 1 unspecified atom stereocenters. The fourth-order valence-electron chi connectivity index (χ4n) is 1.64. The van der Waals surface area contributed by atoms with Gasteiger partial charge in [-0.2, -0.15) is 11.8 Å². The van der Waals surface area contributed by atoms with Crippen molar-refractivity contribution in [3.63, 3.8) is 0 Å². The highest BCUT2D eigenvalue weighted by atomic mass is 32.2. The van der Waals surface area contributed by atoms with Crippen LogP contribution in [-0.2, 0) is 6.42 Å². The summed E-state index contributed by atoms with van der Waals surface area (Å²) in [5.74, 6) is 3.90. The average Bonchev–Trinajstić information content (AvgIpc) is 2.88. The molecule has 1 fully saturated rings. The van der Waals surface area contributed by atoms with Crippen molar-refractivity contribution in [3.05, 3.63) is 23.7 Å². The maximum Gasteiger partial charge on any atom is 0.201 e. The SMILES string of the molecule is CCc1ccc(C(=O)C2CCSC2)o1. The lowest BCUT2D eigenvalue weighted by Crippen LogP contribution is -2.12. The van der Waals surface area contributed by atoms with E-state index in [0.29, 0.717) is 5.76 Å². The monoisotopic (exact) mass is 210 g/mol. The molecule has 0 saturated carbocycles. The average molecular weight is 210 g/mol. The zero-order valence-corrected chi connectivity index (χ0v) is 9.10. The lowest BCUT2D eigenvalue weighted by Gasteiger charge is -2.03. The fourth-order valence-corrected chi connectivity index (χ4v) is 2.86. The van der Waals surface area contributed by atoms with E-state index in [1.54, 1.807) is 0 Å². The maximum atomic E-state index is 11.9. The molecule has 3 heteroatoms. The number of thioether (sulfide) groups is 1. The Bertz CT molecular complexity index is 324. The quantitative estimate of drug-likeness (QED) is 0.719. The lowest BCUT2D eigenvalue weighted by atomic mass is 10.0. The van der Waals surface area contributed by atoms with Crippen LogP contribution in [0.5, 0.6) is 0 Å². The Balaban J connectivity index is 2.09. The molecular formula is C11H14O2S. The maximum absolute atomic E-state index is 11.9. The van der Waals surface area contributed by atoms with Gasteiger partial charge in [-0.05, 0) is 24.3 Å². The second-order valence-electron chi connectivity index (χ2n) is 3.54. The molecule has 1 aliphatic rings. The van der Waals surface area contributed by atoms with Crippen LogP contribution in [0.4, 0.5) is 0 Å². The molecule has 0 amide bonds. The van der Waals surface area contributed by atoms with Gasteiger partial charge < -0.3 is 4.42 Å². The molecule has 0 N–H and O–H groups in total. The number of carbonyl (C=O) groups excluding carboxylic acids is 1. The third-order valence-electron chi connectivity index (χ3n) is 2.55. The number of hydrogen-bond donors (Lipinski definition) is 0. The summed E-state index contributed by atoms with van der Waals surface area (Å²) in [4.78, 5) is 11.9. The van der Waals surface area contributed by atoms with Crippen LogP contribution in [-0.4, -0.2) is 17.3 Å². The fraction of sp³-hybridized carbons (Fsp3) is 0.545. The molecule has 76 valence electrons. The highest BCUT2D eigenvalue weighted by Crippen LogP contribution is 2.27. The first-order valence-corrected chi connectivity index (χ1v) is 6.17. The molecule has 14 heavy (non-hydrogen) atoms. The summed E-state index contributed by atoms with van der Waals surface area (Å²) in [6, 6.07) is 3.71. The molecule has 1 aromatic heterocycles. The van der Waals surface area contributed by atoms with E-state index in [-0.39, 0.29) is 11.7 Å². The Morgan fingerprint density at radius 3 is 3.07 bits per heavy atom. The van der Waals surface area contributed by atoms with Crippen LogP contribution in [0.3, 0.4) is 0 Å². The number of carbonyl (C=O) groups is 1. The smallest absolute Gasteiger partial charge is 0.201 e. The van der Waals surface area contributed by atoms with Crippen LogP contribution in [0.25, 0.3) is 0 Å². The first kappa shape index (κ1) is 9.84. The summed E-state index contributed by atoms with van der Waals surface area (Å²) in [5, 5.41) is 0. The first-order valence-electron chi connectivity index (χ1n) is 5.02. The highest BCUT2D eigenvalue weighted by molar-refractivity contribution is 7.99. The van der Waals surface area contributed by atoms with Gasteiger partial charge in [-0.15, -0.1) is 0 Å². The van der Waals surface area contributed by atoms with E-state index in [0.717, 1.165) is 30.1 Å². The molecule has 1 aromatic rings. The van der Waals surface area contributed by atoms with Crippen LogP contribution in [0.15, 0.2) is 16.5 Å². The largest absolute Gasteiger partial charge is 0.458 e. The normalized spacial score (nSPS) is 21.4. The Morgan fingerprint density at radius 2 is 2.50 bits per heavy atom. The van der Waals surface area contributed by atoms with Crippen LogP contribution < -0.4 is 0 Å². The van der Waals surface area contributed by atoms with Gasteiger partial charge in [0.1, 0.15) is 5.76 Å². The number of rotatable bonds is 3. The van der Waals surface area contributed by atoms with Crippen LogP contribution in [0.1, 0.15) is 29.7 Å². The predicted molar refractivity (Wildman–Crippen MR) is 57.8 cm³/mol. The van der Waals surface area contributed by atoms with Crippen molar-refractivity contribution in [2.75, 3.05) is 11.5 Å². The molecule has 0 aliphatic carbocycles. The van der Waals surface area contributed by atoms with E-state index in [1.807, 2.05) is 30.8 Å². The molecule has 2 rings (SSSR count). The van der Waals surface area contributed by atoms with Gasteiger partial charge >= 0.3 is 0 Å². The van der Waals surface area contributed by atoms with Gasteiger partial charge in [-0.1, -0.05) is 6.92 Å². The van der Waals surface area contributed by atoms with Crippen LogP contribution >= 0.6 is 11.8 Å². The van der Waals surface area contributed by atoms with E-state index in [2.05, 4.69) is 0 Å². The van der Waals surface area contributed by atoms with Crippen molar-refractivity contribution in [1.29, 1.82) is 0 Å². The number of ketones is 1. The summed E-state index contributed by atoms with van der Waals surface area (Å²) >= 11 is 1.86. The molecule has 1 aliphatic heterocycles. The number of aryl methyl sites for hydroxylation is 1. The van der Waals surface area contributed by atoms with Gasteiger partial charge in [-0.25, -0.2) is 0 Å². The van der Waals surface area contributed by atoms with Crippen molar-refractivity contribution in [2.24, 2.45) is 5.92 Å². The molecule has 0 bridgehead atoms. The van der Waals surface area contributed by atoms with Gasteiger partial charge in [0.05, 0.1) is 0 Å². The zero-order valence-electron chi connectivity index (χ0n) is 8.29. The van der Waals surface area contributed by atoms with Gasteiger partial charge in [0.2, 0.25) is 5.78 Å². The summed E-state index contributed by atoms with van der Waals surface area (Å²) in [6.45, 7) is 2.03. The Kier molecular flexibility index (Phi) is 2.96. The van der Waals surface area contributed by atoms with Gasteiger partial charge in [0, 0.05) is 18.1 Å². The number of hydrogen-bond acceptors (Lipinski definition) is 3. The van der Waals surface area contributed by atoms with Crippen molar-refractivity contribution < 1.29 is 9.21 Å². The molecule has 0 radical (unpaired) electrons. The minimum absolute atomic E-state index is 0.190. The first-order chi connectivity index (χ1) is 6.81. The lowest BCUT2D eigenvalue weighted by molar-refractivity contribution is 0.0904. The summed E-state index contributed by atoms with van der Waals surface area (Å²) in [7, 11) is 0. The standard InChI is InChI=1S/C11H14O2S/c1-2-9-3-4-10(13-9)11(12)8-5-6-14-7-8/h3-4,8H,2,5-7H2,1H3. The Labute approximate surface area is 88.1 Å². The number of furan rings is 1. The van der Waals surface area contributed by atoms with E-state index in [1.165, 1.54) is 0 Å². The van der Waals surface area contributed by atoms with E-state index < -0.39 is 0 Å². The highest BCUT2D eigenvalue weighted by Gasteiger charge is 2.26. The number of Topliss-reactive ketones (excluding diaryl/α,β-unsaturated/α-hetero) is 1. The summed E-state index contributed by atoms with van der Waals surface area (Å²) < 4.78 is 5.45. The van der Waals surface area contributed by atoms with E-state index >= 15 is 0 Å². The molecule has 0 spiro atoms. The second-order valence-corrected chi connectivity index (χ2v) is 4.69. The summed E-state index contributed by atoms with van der Waals surface area (Å²) in [5.41, 5.74) is 0. The van der Waals surface area contributed by atoms with Crippen molar-refractivity contribution in [3.8, 4) is 0 Å². The third-order valence-corrected chi connectivity index (χ3v) is 3.72. The molecular weight excluding hydrogens is 196 g/mol. The van der Waals surface area contributed by atoms with Gasteiger partial charge in [0.15, 0.2) is 5.76 Å². The zero-order chi connectivity index (χ0) is 9.97. The topological polar surface area (TPSA) is 30.2 Å². The molecule has 1 atom stereocenters. The second kappa shape index (κ2) is 4.22. The van der Waals surface area contributed by atoms with Crippen molar-refractivity contribution in [2.45, 2.75) is 19.8 Å². The minimum atomic E-state index is 0.190. The summed E-state index contributed by atoms with van der Waals surface area (Å²) in [6.07, 6.45) is 1.86. The van der Waals surface area contributed by atoms with E-state index in [4.69, 9.17) is 4.42 Å².